The predicted molar refractivity (Wildman–Crippen MR) is 105 cm³/mol. The first-order valence-corrected chi connectivity index (χ1v) is 9.47. The minimum atomic E-state index is 0.226. The Hall–Kier alpha value is -2.07. The van der Waals surface area contributed by atoms with E-state index in [4.69, 9.17) is 0 Å². The van der Waals surface area contributed by atoms with Crippen LogP contribution in [0.1, 0.15) is 23.6 Å². The summed E-state index contributed by atoms with van der Waals surface area (Å²) in [5.74, 6) is 0.648. The Labute approximate surface area is 156 Å². The maximum Gasteiger partial charge on any atom is 0.227 e. The van der Waals surface area contributed by atoms with Crippen LogP contribution in [-0.2, 0) is 18.3 Å². The number of carbonyl (C=O) groups is 1. The minimum absolute atomic E-state index is 0.226. The zero-order valence-electron chi connectivity index (χ0n) is 14.3. The molecule has 25 heavy (non-hydrogen) atoms. The third-order valence-electron chi connectivity index (χ3n) is 5.22. The molecule has 0 aliphatic carbocycles. The molecule has 1 amide bonds. The fourth-order valence-corrected chi connectivity index (χ4v) is 4.08. The van der Waals surface area contributed by atoms with Gasteiger partial charge in [0, 0.05) is 41.7 Å². The highest BCUT2D eigenvalue weighted by molar-refractivity contribution is 9.10. The normalized spacial score (nSPS) is 17.4. The Balaban J connectivity index is 1.47. The van der Waals surface area contributed by atoms with Gasteiger partial charge in [0.05, 0.1) is 6.42 Å². The van der Waals surface area contributed by atoms with Crippen molar-refractivity contribution in [1.82, 2.24) is 9.47 Å². The molecule has 0 saturated carbocycles. The number of carbonyl (C=O) groups excluding carboxylic acids is 1. The van der Waals surface area contributed by atoms with Gasteiger partial charge in [0.2, 0.25) is 5.91 Å². The molecule has 1 aliphatic heterocycles. The molecule has 2 aromatic carbocycles. The molecule has 128 valence electrons. The largest absolute Gasteiger partial charge is 0.347 e. The van der Waals surface area contributed by atoms with Crippen LogP contribution in [0.2, 0.25) is 0 Å². The van der Waals surface area contributed by atoms with Crippen LogP contribution in [0.15, 0.2) is 59.1 Å². The highest BCUT2D eigenvalue weighted by Gasteiger charge is 2.29. The second-order valence-corrected chi connectivity index (χ2v) is 7.73. The van der Waals surface area contributed by atoms with E-state index in [0.717, 1.165) is 29.5 Å². The first-order valence-electron chi connectivity index (χ1n) is 8.68. The Morgan fingerprint density at radius 1 is 1.16 bits per heavy atom. The van der Waals surface area contributed by atoms with E-state index in [1.807, 2.05) is 29.2 Å². The number of para-hydroxylation sites is 1. The van der Waals surface area contributed by atoms with Gasteiger partial charge in [-0.15, -0.1) is 0 Å². The molecule has 1 unspecified atom stereocenters. The summed E-state index contributed by atoms with van der Waals surface area (Å²) in [6, 6.07) is 18.8. The van der Waals surface area contributed by atoms with Crippen molar-refractivity contribution in [3.8, 4) is 0 Å². The van der Waals surface area contributed by atoms with Crippen LogP contribution in [0, 0.1) is 0 Å². The molecule has 4 rings (SSSR count). The second kappa shape index (κ2) is 6.68. The van der Waals surface area contributed by atoms with Crippen molar-refractivity contribution in [3.63, 3.8) is 0 Å². The van der Waals surface area contributed by atoms with Crippen LogP contribution >= 0.6 is 15.9 Å². The Morgan fingerprint density at radius 2 is 1.92 bits per heavy atom. The zero-order valence-corrected chi connectivity index (χ0v) is 15.9. The zero-order chi connectivity index (χ0) is 17.4. The first-order chi connectivity index (χ1) is 12.1. The molecule has 1 aromatic heterocycles. The predicted octanol–water partition coefficient (Wildman–Crippen LogP) is 4.50. The lowest BCUT2D eigenvalue weighted by Gasteiger charge is -2.17. The molecular weight excluding hydrogens is 376 g/mol. The third-order valence-corrected chi connectivity index (χ3v) is 5.75. The van der Waals surface area contributed by atoms with Crippen molar-refractivity contribution in [2.45, 2.75) is 18.8 Å². The maximum atomic E-state index is 12.6. The first kappa shape index (κ1) is 16.4. The third kappa shape index (κ3) is 3.23. The molecule has 3 aromatic rings. The monoisotopic (exact) mass is 396 g/mol. The van der Waals surface area contributed by atoms with E-state index in [-0.39, 0.29) is 5.91 Å². The van der Waals surface area contributed by atoms with E-state index in [1.54, 1.807) is 0 Å². The molecule has 0 N–H and O–H groups in total. The molecule has 0 bridgehead atoms. The SMILES string of the molecule is Cn1c(C2CCN(C(=O)Cc3ccc(Br)cc3)C2)cc2ccccc21. The number of aromatic nitrogens is 1. The van der Waals surface area contributed by atoms with Crippen molar-refractivity contribution in [2.75, 3.05) is 13.1 Å². The Kier molecular flexibility index (Phi) is 4.38. The van der Waals surface area contributed by atoms with Gasteiger partial charge in [-0.3, -0.25) is 4.79 Å². The lowest BCUT2D eigenvalue weighted by Crippen LogP contribution is -2.30. The molecule has 1 aliphatic rings. The molecule has 1 saturated heterocycles. The average molecular weight is 397 g/mol. The lowest BCUT2D eigenvalue weighted by molar-refractivity contribution is -0.129. The topological polar surface area (TPSA) is 25.2 Å². The second-order valence-electron chi connectivity index (χ2n) is 6.82. The molecule has 3 nitrogen and oxygen atoms in total. The summed E-state index contributed by atoms with van der Waals surface area (Å²) in [6.07, 6.45) is 1.52. The van der Waals surface area contributed by atoms with Crippen LogP contribution in [0.25, 0.3) is 10.9 Å². The number of hydrogen-bond donors (Lipinski definition) is 0. The van der Waals surface area contributed by atoms with E-state index in [0.29, 0.717) is 12.3 Å². The van der Waals surface area contributed by atoms with Gasteiger partial charge >= 0.3 is 0 Å². The van der Waals surface area contributed by atoms with E-state index < -0.39 is 0 Å². The number of hydrogen-bond acceptors (Lipinski definition) is 1. The van der Waals surface area contributed by atoms with Gasteiger partial charge < -0.3 is 9.47 Å². The molecule has 1 fully saturated rings. The van der Waals surface area contributed by atoms with Crippen molar-refractivity contribution in [3.05, 3.63) is 70.3 Å². The fraction of sp³-hybridized carbons (Fsp3) is 0.286. The fourth-order valence-electron chi connectivity index (χ4n) is 3.82. The average Bonchev–Trinajstić information content (AvgIpc) is 3.22. The molecule has 1 atom stereocenters. The summed E-state index contributed by atoms with van der Waals surface area (Å²) in [6.45, 7) is 1.67. The van der Waals surface area contributed by atoms with Gasteiger partial charge in [-0.1, -0.05) is 46.3 Å². The number of nitrogens with zero attached hydrogens (tertiary/aromatic N) is 2. The molecule has 2 heterocycles. The van der Waals surface area contributed by atoms with Crippen LogP contribution in [0.4, 0.5) is 0 Å². The van der Waals surface area contributed by atoms with Crippen molar-refractivity contribution >= 4 is 32.7 Å². The van der Waals surface area contributed by atoms with Gasteiger partial charge in [-0.2, -0.15) is 0 Å². The number of halogens is 1. The van der Waals surface area contributed by atoms with Gasteiger partial charge in [0.1, 0.15) is 0 Å². The van der Waals surface area contributed by atoms with E-state index >= 15 is 0 Å². The molecule has 0 spiro atoms. The Morgan fingerprint density at radius 3 is 2.68 bits per heavy atom. The summed E-state index contributed by atoms with van der Waals surface area (Å²) in [5.41, 5.74) is 3.67. The number of rotatable bonds is 3. The van der Waals surface area contributed by atoms with E-state index in [9.17, 15) is 4.79 Å². The van der Waals surface area contributed by atoms with E-state index in [1.165, 1.54) is 16.6 Å². The van der Waals surface area contributed by atoms with Gasteiger partial charge in [0.15, 0.2) is 0 Å². The smallest absolute Gasteiger partial charge is 0.227 e. The number of aryl methyl sites for hydroxylation is 1. The van der Waals surface area contributed by atoms with Gasteiger partial charge in [0.25, 0.3) is 0 Å². The number of fused-ring (bicyclic) bond motifs is 1. The summed E-state index contributed by atoms with van der Waals surface area (Å²) >= 11 is 3.44. The van der Waals surface area contributed by atoms with Crippen LogP contribution < -0.4 is 0 Å². The number of amides is 1. The maximum absolute atomic E-state index is 12.6. The van der Waals surface area contributed by atoms with Crippen molar-refractivity contribution < 1.29 is 4.79 Å². The lowest BCUT2D eigenvalue weighted by atomic mass is 10.0. The minimum Gasteiger partial charge on any atom is -0.347 e. The van der Waals surface area contributed by atoms with Crippen LogP contribution in [0.3, 0.4) is 0 Å². The number of benzene rings is 2. The number of likely N-dealkylation sites (tertiary alicyclic amines) is 1. The van der Waals surface area contributed by atoms with Gasteiger partial charge in [-0.25, -0.2) is 0 Å². The van der Waals surface area contributed by atoms with Gasteiger partial charge in [-0.05, 0) is 41.6 Å². The standard InChI is InChI=1S/C21H21BrN2O/c1-23-19-5-3-2-4-16(19)13-20(23)17-10-11-24(14-17)21(25)12-15-6-8-18(22)9-7-15/h2-9,13,17H,10-12,14H2,1H3. The van der Waals surface area contributed by atoms with Crippen molar-refractivity contribution in [1.29, 1.82) is 0 Å². The van der Waals surface area contributed by atoms with Crippen LogP contribution in [0.5, 0.6) is 0 Å². The van der Waals surface area contributed by atoms with Crippen molar-refractivity contribution in [2.24, 2.45) is 7.05 Å². The molecular formula is C21H21BrN2O. The molecule has 4 heteroatoms. The summed E-state index contributed by atoms with van der Waals surface area (Å²) in [7, 11) is 2.13. The van der Waals surface area contributed by atoms with E-state index in [2.05, 4.69) is 57.9 Å². The molecule has 0 radical (unpaired) electrons. The van der Waals surface area contributed by atoms with Crippen LogP contribution in [-0.4, -0.2) is 28.5 Å². The highest BCUT2D eigenvalue weighted by atomic mass is 79.9. The summed E-state index contributed by atoms with van der Waals surface area (Å²) in [4.78, 5) is 14.7. The summed E-state index contributed by atoms with van der Waals surface area (Å²) in [5, 5.41) is 1.28. The Bertz CT molecular complexity index is 913. The summed E-state index contributed by atoms with van der Waals surface area (Å²) < 4.78 is 3.32. The highest BCUT2D eigenvalue weighted by Crippen LogP contribution is 2.31. The quantitative estimate of drug-likeness (QED) is 0.639.